The molecule has 2 rings (SSSR count). The Morgan fingerprint density at radius 3 is 2.75 bits per heavy atom. The molecule has 0 radical (unpaired) electrons. The lowest BCUT2D eigenvalue weighted by molar-refractivity contribution is -0.134. The fourth-order valence-corrected chi connectivity index (χ4v) is 2.34. The van der Waals surface area contributed by atoms with E-state index in [0.29, 0.717) is 18.5 Å². The minimum Gasteiger partial charge on any atom is -0.334 e. The van der Waals surface area contributed by atoms with Gasteiger partial charge in [-0.25, -0.2) is 4.39 Å². The van der Waals surface area contributed by atoms with E-state index in [1.54, 1.807) is 23.1 Å². The van der Waals surface area contributed by atoms with E-state index in [9.17, 15) is 9.18 Å². The Kier molecular flexibility index (Phi) is 5.12. The summed E-state index contributed by atoms with van der Waals surface area (Å²) in [5.41, 5.74) is 6.54. The molecular formula is C16H23FN2O. The molecule has 1 aromatic rings. The zero-order valence-corrected chi connectivity index (χ0v) is 12.0. The van der Waals surface area contributed by atoms with Crippen molar-refractivity contribution in [3.63, 3.8) is 0 Å². The van der Waals surface area contributed by atoms with Gasteiger partial charge in [-0.15, -0.1) is 0 Å². The quantitative estimate of drug-likeness (QED) is 0.833. The van der Waals surface area contributed by atoms with E-state index < -0.39 is 6.04 Å². The zero-order chi connectivity index (χ0) is 14.5. The van der Waals surface area contributed by atoms with Gasteiger partial charge < -0.3 is 10.6 Å². The highest BCUT2D eigenvalue weighted by atomic mass is 19.1. The maximum absolute atomic E-state index is 13.7. The summed E-state index contributed by atoms with van der Waals surface area (Å²) in [6.45, 7) is 2.41. The van der Waals surface area contributed by atoms with Crippen molar-refractivity contribution in [3.8, 4) is 0 Å². The third kappa shape index (κ3) is 3.79. The van der Waals surface area contributed by atoms with E-state index in [0.717, 1.165) is 25.7 Å². The topological polar surface area (TPSA) is 46.3 Å². The molecule has 20 heavy (non-hydrogen) atoms. The molecule has 0 saturated heterocycles. The Morgan fingerprint density at radius 2 is 2.15 bits per heavy atom. The monoisotopic (exact) mass is 278 g/mol. The number of halogens is 1. The predicted octanol–water partition coefficient (Wildman–Crippen LogP) is 2.83. The smallest absolute Gasteiger partial charge is 0.240 e. The van der Waals surface area contributed by atoms with Gasteiger partial charge in [-0.3, -0.25) is 4.79 Å². The largest absolute Gasteiger partial charge is 0.334 e. The third-order valence-electron chi connectivity index (χ3n) is 3.76. The molecule has 0 aromatic heterocycles. The van der Waals surface area contributed by atoms with Crippen LogP contribution in [0.5, 0.6) is 0 Å². The number of nitrogens with zero attached hydrogens (tertiary/aromatic N) is 1. The van der Waals surface area contributed by atoms with Crippen LogP contribution in [-0.2, 0) is 11.3 Å². The molecule has 4 heteroatoms. The summed E-state index contributed by atoms with van der Waals surface area (Å²) >= 11 is 0. The van der Waals surface area contributed by atoms with Crippen LogP contribution < -0.4 is 5.73 Å². The van der Waals surface area contributed by atoms with Crippen molar-refractivity contribution in [1.82, 2.24) is 4.90 Å². The second kappa shape index (κ2) is 6.84. The van der Waals surface area contributed by atoms with Crippen molar-refractivity contribution in [1.29, 1.82) is 0 Å². The lowest BCUT2D eigenvalue weighted by Gasteiger charge is -2.26. The van der Waals surface area contributed by atoms with Gasteiger partial charge in [0.2, 0.25) is 5.91 Å². The molecule has 110 valence electrons. The Bertz CT molecular complexity index is 460. The van der Waals surface area contributed by atoms with E-state index >= 15 is 0 Å². The Hall–Kier alpha value is -1.42. The molecule has 1 unspecified atom stereocenters. The van der Waals surface area contributed by atoms with Crippen molar-refractivity contribution in [2.45, 2.75) is 57.7 Å². The summed E-state index contributed by atoms with van der Waals surface area (Å²) in [5, 5.41) is 0. The number of hydrogen-bond acceptors (Lipinski definition) is 2. The van der Waals surface area contributed by atoms with Crippen LogP contribution in [0.2, 0.25) is 0 Å². The second-order valence-electron chi connectivity index (χ2n) is 5.54. The van der Waals surface area contributed by atoms with Gasteiger partial charge in [-0.2, -0.15) is 0 Å². The molecule has 1 aliphatic rings. The summed E-state index contributed by atoms with van der Waals surface area (Å²) in [6, 6.07) is 6.41. The SMILES string of the molecule is CCCCC(N)C(=O)N(Cc1ccccc1F)C1CC1. The van der Waals surface area contributed by atoms with E-state index in [-0.39, 0.29) is 17.8 Å². The number of carbonyl (C=O) groups is 1. The highest BCUT2D eigenvalue weighted by Gasteiger charge is 2.34. The van der Waals surface area contributed by atoms with Crippen LogP contribution in [0.25, 0.3) is 0 Å². The van der Waals surface area contributed by atoms with Crippen molar-refractivity contribution >= 4 is 5.91 Å². The highest BCUT2D eigenvalue weighted by Crippen LogP contribution is 2.29. The molecule has 0 heterocycles. The van der Waals surface area contributed by atoms with Crippen LogP contribution in [0.15, 0.2) is 24.3 Å². The molecule has 0 bridgehead atoms. The molecule has 2 N–H and O–H groups in total. The number of hydrogen-bond donors (Lipinski definition) is 1. The predicted molar refractivity (Wildman–Crippen MR) is 77.5 cm³/mol. The standard InChI is InChI=1S/C16H23FN2O/c1-2-3-8-15(18)16(20)19(13-9-10-13)11-12-6-4-5-7-14(12)17/h4-7,13,15H,2-3,8-11,18H2,1H3. The minimum atomic E-state index is -0.456. The first-order valence-electron chi connectivity index (χ1n) is 7.43. The van der Waals surface area contributed by atoms with E-state index in [2.05, 4.69) is 6.92 Å². The van der Waals surface area contributed by atoms with E-state index in [1.165, 1.54) is 6.07 Å². The maximum atomic E-state index is 13.7. The number of benzene rings is 1. The highest BCUT2D eigenvalue weighted by molar-refractivity contribution is 5.82. The molecule has 1 amide bonds. The molecule has 1 saturated carbocycles. The zero-order valence-electron chi connectivity index (χ0n) is 12.0. The van der Waals surface area contributed by atoms with E-state index in [1.807, 2.05) is 0 Å². The maximum Gasteiger partial charge on any atom is 0.240 e. The third-order valence-corrected chi connectivity index (χ3v) is 3.76. The fraction of sp³-hybridized carbons (Fsp3) is 0.562. The van der Waals surface area contributed by atoms with Crippen LogP contribution in [0.3, 0.4) is 0 Å². The molecule has 3 nitrogen and oxygen atoms in total. The van der Waals surface area contributed by atoms with Crippen molar-refractivity contribution in [2.24, 2.45) is 5.73 Å². The molecular weight excluding hydrogens is 255 g/mol. The second-order valence-corrected chi connectivity index (χ2v) is 5.54. The van der Waals surface area contributed by atoms with Gasteiger partial charge in [0.25, 0.3) is 0 Å². The number of amides is 1. The molecule has 0 aliphatic heterocycles. The molecule has 1 atom stereocenters. The first kappa shape index (κ1) is 15.0. The Balaban J connectivity index is 2.04. The summed E-state index contributed by atoms with van der Waals surface area (Å²) in [5.74, 6) is -0.294. The molecule has 0 spiro atoms. The van der Waals surface area contributed by atoms with Crippen LogP contribution in [0, 0.1) is 5.82 Å². The summed E-state index contributed by atoms with van der Waals surface area (Å²) in [6.07, 6.45) is 4.68. The van der Waals surface area contributed by atoms with Crippen molar-refractivity contribution < 1.29 is 9.18 Å². The van der Waals surface area contributed by atoms with Crippen LogP contribution in [-0.4, -0.2) is 22.9 Å². The molecule has 1 fully saturated rings. The van der Waals surface area contributed by atoms with Crippen molar-refractivity contribution in [2.75, 3.05) is 0 Å². The molecule has 1 aliphatic carbocycles. The number of rotatable bonds is 7. The number of unbranched alkanes of at least 4 members (excludes halogenated alkanes) is 1. The lowest BCUT2D eigenvalue weighted by Crippen LogP contribution is -2.44. The summed E-state index contributed by atoms with van der Waals surface area (Å²) in [7, 11) is 0. The average Bonchev–Trinajstić information content (AvgIpc) is 3.27. The van der Waals surface area contributed by atoms with Crippen LogP contribution >= 0.6 is 0 Å². The normalized spacial score (nSPS) is 15.9. The summed E-state index contributed by atoms with van der Waals surface area (Å²) in [4.78, 5) is 14.2. The summed E-state index contributed by atoms with van der Waals surface area (Å²) < 4.78 is 13.7. The van der Waals surface area contributed by atoms with Gasteiger partial charge in [0.1, 0.15) is 5.82 Å². The fourth-order valence-electron chi connectivity index (χ4n) is 2.34. The first-order valence-corrected chi connectivity index (χ1v) is 7.43. The van der Waals surface area contributed by atoms with Crippen LogP contribution in [0.1, 0.15) is 44.6 Å². The Morgan fingerprint density at radius 1 is 1.45 bits per heavy atom. The van der Waals surface area contributed by atoms with Gasteiger partial charge in [0, 0.05) is 18.2 Å². The van der Waals surface area contributed by atoms with Gasteiger partial charge >= 0.3 is 0 Å². The van der Waals surface area contributed by atoms with Gasteiger partial charge in [0.15, 0.2) is 0 Å². The van der Waals surface area contributed by atoms with Gasteiger partial charge in [-0.1, -0.05) is 38.0 Å². The van der Waals surface area contributed by atoms with Gasteiger partial charge in [-0.05, 0) is 25.3 Å². The number of nitrogens with two attached hydrogens (primary N) is 1. The average molecular weight is 278 g/mol. The van der Waals surface area contributed by atoms with Gasteiger partial charge in [0.05, 0.1) is 6.04 Å². The first-order chi connectivity index (χ1) is 9.63. The van der Waals surface area contributed by atoms with Crippen molar-refractivity contribution in [3.05, 3.63) is 35.6 Å². The Labute approximate surface area is 120 Å². The van der Waals surface area contributed by atoms with E-state index in [4.69, 9.17) is 5.73 Å². The minimum absolute atomic E-state index is 0.0378. The lowest BCUT2D eigenvalue weighted by atomic mass is 10.1. The van der Waals surface area contributed by atoms with Crippen LogP contribution in [0.4, 0.5) is 4.39 Å². The molecule has 1 aromatic carbocycles. The number of carbonyl (C=O) groups excluding carboxylic acids is 1.